The molecule has 0 spiro atoms. The van der Waals surface area contributed by atoms with Crippen LogP contribution < -0.4 is 5.48 Å². The van der Waals surface area contributed by atoms with E-state index in [9.17, 15) is 9.70 Å². The van der Waals surface area contributed by atoms with E-state index < -0.39 is 0 Å². The second-order valence-corrected chi connectivity index (χ2v) is 2.47. The molecule has 0 unspecified atom stereocenters. The minimum atomic E-state index is 0.112. The summed E-state index contributed by atoms with van der Waals surface area (Å²) in [5.74, 6) is 0. The summed E-state index contributed by atoms with van der Waals surface area (Å²) in [6, 6.07) is 3.43. The molecule has 1 heterocycles. The van der Waals surface area contributed by atoms with Crippen LogP contribution in [0.2, 0.25) is 0 Å². The third-order valence-electron chi connectivity index (χ3n) is 1.48. The molecular formula is C8H9N3O3. The summed E-state index contributed by atoms with van der Waals surface area (Å²) in [7, 11) is 0. The van der Waals surface area contributed by atoms with Gasteiger partial charge in [-0.15, -0.1) is 0 Å². The molecule has 74 valence electrons. The quantitative estimate of drug-likeness (QED) is 0.310. The van der Waals surface area contributed by atoms with Crippen molar-refractivity contribution in [3.05, 3.63) is 34.5 Å². The Bertz CT molecular complexity index is 299. The maximum Gasteiger partial charge on any atom is 0.230 e. The van der Waals surface area contributed by atoms with Crippen molar-refractivity contribution in [1.29, 1.82) is 0 Å². The fourth-order valence-corrected chi connectivity index (χ4v) is 0.858. The van der Waals surface area contributed by atoms with Crippen LogP contribution in [0.3, 0.4) is 0 Å². The second-order valence-electron chi connectivity index (χ2n) is 2.47. The van der Waals surface area contributed by atoms with Crippen molar-refractivity contribution < 1.29 is 9.63 Å². The van der Waals surface area contributed by atoms with Crippen molar-refractivity contribution in [3.8, 4) is 0 Å². The number of amides is 1. The first-order valence-corrected chi connectivity index (χ1v) is 3.90. The maximum absolute atomic E-state index is 9.92. The van der Waals surface area contributed by atoms with E-state index in [4.69, 9.17) is 4.84 Å². The summed E-state index contributed by atoms with van der Waals surface area (Å²) in [6.07, 6.45) is 1.98. The van der Waals surface area contributed by atoms with E-state index in [1.165, 1.54) is 0 Å². The van der Waals surface area contributed by atoms with Crippen molar-refractivity contribution in [1.82, 2.24) is 10.5 Å². The molecule has 0 saturated carbocycles. The van der Waals surface area contributed by atoms with Crippen molar-refractivity contribution >= 4 is 6.41 Å². The normalized spacial score (nSPS) is 9.43. The fourth-order valence-electron chi connectivity index (χ4n) is 0.858. The number of nitroso groups, excluding NO2 is 1. The average molecular weight is 195 g/mol. The molecule has 0 saturated heterocycles. The van der Waals surface area contributed by atoms with E-state index in [2.05, 4.69) is 10.2 Å². The first-order valence-electron chi connectivity index (χ1n) is 3.90. The van der Waals surface area contributed by atoms with Gasteiger partial charge in [-0.25, -0.2) is 5.48 Å². The molecule has 6 nitrogen and oxygen atoms in total. The molecule has 0 fully saturated rings. The molecule has 1 amide bonds. The highest BCUT2D eigenvalue weighted by atomic mass is 16.6. The average Bonchev–Trinajstić information content (AvgIpc) is 2.21. The molecule has 0 aliphatic heterocycles. The van der Waals surface area contributed by atoms with Gasteiger partial charge in [0.05, 0.1) is 5.69 Å². The number of nitrogens with one attached hydrogen (secondary N) is 1. The summed E-state index contributed by atoms with van der Waals surface area (Å²) in [6.45, 7) is 0.300. The minimum Gasteiger partial charge on any atom is -0.277 e. The number of rotatable bonds is 6. The lowest BCUT2D eigenvalue weighted by molar-refractivity contribution is -0.121. The molecule has 0 aliphatic carbocycles. The van der Waals surface area contributed by atoms with E-state index in [0.29, 0.717) is 12.1 Å². The highest BCUT2D eigenvalue weighted by Crippen LogP contribution is 2.02. The van der Waals surface area contributed by atoms with Crippen LogP contribution in [0.1, 0.15) is 11.3 Å². The molecule has 0 atom stereocenters. The summed E-state index contributed by atoms with van der Waals surface area (Å²) in [5, 5.41) is 2.73. The van der Waals surface area contributed by atoms with E-state index in [0.717, 1.165) is 5.56 Å². The Hall–Kier alpha value is -1.82. The second kappa shape index (κ2) is 5.76. The first-order chi connectivity index (χ1) is 6.86. The number of carbonyl (C=O) groups excluding carboxylic acids is 1. The van der Waals surface area contributed by atoms with Gasteiger partial charge in [-0.3, -0.25) is 14.6 Å². The molecule has 0 radical (unpaired) electrons. The topological polar surface area (TPSA) is 80.6 Å². The highest BCUT2D eigenvalue weighted by molar-refractivity contribution is 5.43. The van der Waals surface area contributed by atoms with Gasteiger partial charge in [0.1, 0.15) is 13.2 Å². The number of hydrogen-bond acceptors (Lipinski definition) is 5. The lowest BCUT2D eigenvalue weighted by Gasteiger charge is -2.00. The number of hydrogen-bond donors (Lipinski definition) is 1. The zero-order valence-electron chi connectivity index (χ0n) is 7.34. The Labute approximate surface area is 80.2 Å². The fraction of sp³-hybridized carbons (Fsp3) is 0.250. The molecule has 6 heteroatoms. The standard InChI is InChI=1S/C8H9N3O3/c12-6-11-14-5-8-2-1-7(3-9-8)4-10-13/h1-3,6H,4-5H2,(H,11,12). The van der Waals surface area contributed by atoms with Crippen LogP contribution in [0.25, 0.3) is 0 Å². The Morgan fingerprint density at radius 2 is 2.43 bits per heavy atom. The molecule has 14 heavy (non-hydrogen) atoms. The van der Waals surface area contributed by atoms with Gasteiger partial charge in [-0.05, 0) is 11.6 Å². The van der Waals surface area contributed by atoms with Crippen molar-refractivity contribution in [3.63, 3.8) is 0 Å². The van der Waals surface area contributed by atoms with Gasteiger partial charge in [-0.1, -0.05) is 11.2 Å². The van der Waals surface area contributed by atoms with Gasteiger partial charge in [0, 0.05) is 6.20 Å². The zero-order valence-corrected chi connectivity index (χ0v) is 7.34. The molecule has 0 aromatic carbocycles. The van der Waals surface area contributed by atoms with Crippen LogP contribution in [-0.4, -0.2) is 11.4 Å². The van der Waals surface area contributed by atoms with E-state index in [-0.39, 0.29) is 13.2 Å². The van der Waals surface area contributed by atoms with Gasteiger partial charge < -0.3 is 0 Å². The Kier molecular flexibility index (Phi) is 4.22. The first kappa shape index (κ1) is 10.3. The SMILES string of the molecule is O=CNOCc1ccc(CN=O)cn1. The van der Waals surface area contributed by atoms with E-state index in [1.54, 1.807) is 18.3 Å². The van der Waals surface area contributed by atoms with Crippen molar-refractivity contribution in [2.24, 2.45) is 5.18 Å². The minimum absolute atomic E-state index is 0.112. The van der Waals surface area contributed by atoms with Gasteiger partial charge in [-0.2, -0.15) is 4.91 Å². The largest absolute Gasteiger partial charge is 0.277 e. The van der Waals surface area contributed by atoms with Gasteiger partial charge in [0.15, 0.2) is 0 Å². The van der Waals surface area contributed by atoms with E-state index >= 15 is 0 Å². The molecule has 1 aromatic rings. The summed E-state index contributed by atoms with van der Waals surface area (Å²) in [4.78, 5) is 28.4. The maximum atomic E-state index is 9.92. The molecule has 0 aliphatic rings. The lowest BCUT2D eigenvalue weighted by atomic mass is 10.2. The third kappa shape index (κ3) is 3.28. The molecule has 1 N–H and O–H groups in total. The number of pyridine rings is 1. The predicted octanol–water partition coefficient (Wildman–Crippen LogP) is 0.526. The third-order valence-corrected chi connectivity index (χ3v) is 1.48. The van der Waals surface area contributed by atoms with Crippen LogP contribution >= 0.6 is 0 Å². The lowest BCUT2D eigenvalue weighted by Crippen LogP contribution is -2.11. The Morgan fingerprint density at radius 1 is 1.57 bits per heavy atom. The molecule has 1 aromatic heterocycles. The van der Waals surface area contributed by atoms with Crippen LogP contribution in [0.15, 0.2) is 23.5 Å². The summed E-state index contributed by atoms with van der Waals surface area (Å²) in [5.41, 5.74) is 3.45. The number of hydroxylamine groups is 1. The predicted molar refractivity (Wildman–Crippen MR) is 47.7 cm³/mol. The Balaban J connectivity index is 2.46. The van der Waals surface area contributed by atoms with Gasteiger partial charge >= 0.3 is 0 Å². The van der Waals surface area contributed by atoms with Crippen LogP contribution in [0.5, 0.6) is 0 Å². The van der Waals surface area contributed by atoms with E-state index in [1.807, 2.05) is 5.48 Å². The molecular weight excluding hydrogens is 186 g/mol. The smallest absolute Gasteiger partial charge is 0.230 e. The summed E-state index contributed by atoms with van der Waals surface area (Å²) >= 11 is 0. The summed E-state index contributed by atoms with van der Waals surface area (Å²) < 4.78 is 0. The number of nitrogens with zero attached hydrogens (tertiary/aromatic N) is 2. The number of aromatic nitrogens is 1. The van der Waals surface area contributed by atoms with Gasteiger partial charge in [0.2, 0.25) is 6.41 Å². The van der Waals surface area contributed by atoms with Gasteiger partial charge in [0.25, 0.3) is 0 Å². The van der Waals surface area contributed by atoms with Crippen LogP contribution in [0.4, 0.5) is 0 Å². The monoisotopic (exact) mass is 195 g/mol. The molecule has 1 rings (SSSR count). The molecule has 0 bridgehead atoms. The highest BCUT2D eigenvalue weighted by Gasteiger charge is 1.96. The van der Waals surface area contributed by atoms with Crippen molar-refractivity contribution in [2.45, 2.75) is 13.2 Å². The number of carbonyl (C=O) groups is 1. The Morgan fingerprint density at radius 3 is 3.00 bits per heavy atom. The zero-order chi connectivity index (χ0) is 10.2. The van der Waals surface area contributed by atoms with Crippen LogP contribution in [-0.2, 0) is 22.8 Å². The van der Waals surface area contributed by atoms with Crippen molar-refractivity contribution in [2.75, 3.05) is 0 Å². The van der Waals surface area contributed by atoms with Crippen LogP contribution in [0, 0.1) is 4.91 Å².